The number of hydrogen-bond donors (Lipinski definition) is 2. The van der Waals surface area contributed by atoms with Gasteiger partial charge in [0.05, 0.1) is 17.7 Å². The number of alkyl halides is 3. The van der Waals surface area contributed by atoms with Gasteiger partial charge in [0.1, 0.15) is 6.61 Å². The number of hydroxylamine groups is 1. The lowest BCUT2D eigenvalue weighted by Crippen LogP contribution is -2.27. The Hall–Kier alpha value is -3.14. The molecule has 0 aliphatic heterocycles. The number of halogens is 4. The third kappa shape index (κ3) is 5.68. The molecule has 0 fully saturated rings. The van der Waals surface area contributed by atoms with Crippen molar-refractivity contribution in [3.8, 4) is 5.75 Å². The van der Waals surface area contributed by atoms with E-state index >= 15 is 0 Å². The third-order valence-corrected chi connectivity index (χ3v) is 3.67. The molecular formula is C17H15ClF3N3O4. The molecule has 11 heteroatoms. The van der Waals surface area contributed by atoms with Crippen LogP contribution in [0.3, 0.4) is 0 Å². The summed E-state index contributed by atoms with van der Waals surface area (Å²) >= 11 is 5.94. The topological polar surface area (TPSA) is 95.2 Å². The van der Waals surface area contributed by atoms with E-state index in [4.69, 9.17) is 27.0 Å². The Labute approximate surface area is 162 Å². The smallest absolute Gasteiger partial charge is 0.440 e. The lowest BCUT2D eigenvalue weighted by molar-refractivity contribution is -0.138. The van der Waals surface area contributed by atoms with Crippen molar-refractivity contribution in [3.63, 3.8) is 0 Å². The SMILES string of the molecule is COC(=O)NOc1cc(/C(N)=N/OCc2ccccc2C(F)(F)F)ccc1Cl. The number of amides is 1. The molecule has 0 heterocycles. The zero-order valence-corrected chi connectivity index (χ0v) is 15.2. The summed E-state index contributed by atoms with van der Waals surface area (Å²) in [5, 5.41) is 3.77. The fourth-order valence-electron chi connectivity index (χ4n) is 2.03. The Bertz CT molecular complexity index is 875. The first-order valence-electron chi connectivity index (χ1n) is 7.63. The molecule has 0 atom stereocenters. The van der Waals surface area contributed by atoms with Gasteiger partial charge in [0.15, 0.2) is 11.6 Å². The summed E-state index contributed by atoms with van der Waals surface area (Å²) in [6.45, 7) is -0.433. The lowest BCUT2D eigenvalue weighted by atomic mass is 10.1. The monoisotopic (exact) mass is 417 g/mol. The molecule has 3 N–H and O–H groups in total. The van der Waals surface area contributed by atoms with Crippen LogP contribution < -0.4 is 16.1 Å². The average molecular weight is 418 g/mol. The minimum atomic E-state index is -4.51. The van der Waals surface area contributed by atoms with E-state index in [9.17, 15) is 18.0 Å². The number of carbonyl (C=O) groups is 1. The van der Waals surface area contributed by atoms with Crippen LogP contribution in [-0.4, -0.2) is 19.0 Å². The highest BCUT2D eigenvalue weighted by atomic mass is 35.5. The fourth-order valence-corrected chi connectivity index (χ4v) is 2.18. The average Bonchev–Trinajstić information content (AvgIpc) is 2.66. The molecule has 0 aliphatic carbocycles. The van der Waals surface area contributed by atoms with E-state index in [-0.39, 0.29) is 22.2 Å². The van der Waals surface area contributed by atoms with Crippen molar-refractivity contribution in [2.75, 3.05) is 7.11 Å². The number of benzene rings is 2. The van der Waals surface area contributed by atoms with Crippen molar-refractivity contribution in [2.24, 2.45) is 10.9 Å². The highest BCUT2D eigenvalue weighted by Gasteiger charge is 2.33. The van der Waals surface area contributed by atoms with Crippen LogP contribution in [0.4, 0.5) is 18.0 Å². The number of nitrogens with zero attached hydrogens (tertiary/aromatic N) is 1. The highest BCUT2D eigenvalue weighted by Crippen LogP contribution is 2.32. The molecule has 0 aromatic heterocycles. The largest absolute Gasteiger partial charge is 0.451 e. The van der Waals surface area contributed by atoms with Crippen LogP contribution in [0.25, 0.3) is 0 Å². The van der Waals surface area contributed by atoms with Crippen molar-refractivity contribution in [3.05, 3.63) is 64.2 Å². The van der Waals surface area contributed by atoms with Gasteiger partial charge in [0.2, 0.25) is 0 Å². The Morgan fingerprint density at radius 3 is 2.64 bits per heavy atom. The molecule has 0 radical (unpaired) electrons. The van der Waals surface area contributed by atoms with Gasteiger partial charge in [-0.05, 0) is 24.3 Å². The first-order valence-corrected chi connectivity index (χ1v) is 8.01. The zero-order chi connectivity index (χ0) is 20.7. The van der Waals surface area contributed by atoms with Crippen molar-refractivity contribution in [1.82, 2.24) is 5.48 Å². The van der Waals surface area contributed by atoms with Crippen LogP contribution >= 0.6 is 11.6 Å². The number of hydrogen-bond acceptors (Lipinski definition) is 5. The van der Waals surface area contributed by atoms with Crippen LogP contribution in [-0.2, 0) is 22.4 Å². The number of nitrogens with two attached hydrogens (primary N) is 1. The second-order valence-corrected chi connectivity index (χ2v) is 5.65. The van der Waals surface area contributed by atoms with Gasteiger partial charge in [0.25, 0.3) is 0 Å². The summed E-state index contributed by atoms with van der Waals surface area (Å²) in [5.74, 6) is -0.0887. The summed E-state index contributed by atoms with van der Waals surface area (Å²) < 4.78 is 43.2. The van der Waals surface area contributed by atoms with E-state index in [1.54, 1.807) is 0 Å². The molecule has 7 nitrogen and oxygen atoms in total. The fraction of sp³-hybridized carbons (Fsp3) is 0.176. The number of oxime groups is 1. The second kappa shape index (κ2) is 9.18. The van der Waals surface area contributed by atoms with Crippen LogP contribution in [0.5, 0.6) is 5.75 Å². The molecule has 2 aromatic rings. The summed E-state index contributed by atoms with van der Waals surface area (Å²) in [7, 11) is 1.15. The van der Waals surface area contributed by atoms with Crippen molar-refractivity contribution >= 4 is 23.5 Å². The van der Waals surface area contributed by atoms with E-state index in [2.05, 4.69) is 9.89 Å². The Morgan fingerprint density at radius 2 is 1.96 bits per heavy atom. The summed E-state index contributed by atoms with van der Waals surface area (Å²) in [6, 6.07) is 9.22. The van der Waals surface area contributed by atoms with Crippen LogP contribution in [0, 0.1) is 0 Å². The summed E-state index contributed by atoms with van der Waals surface area (Å²) in [5.41, 5.74) is 7.15. The minimum Gasteiger partial charge on any atom is -0.451 e. The summed E-state index contributed by atoms with van der Waals surface area (Å²) in [6.07, 6.45) is -5.36. The third-order valence-electron chi connectivity index (χ3n) is 3.36. The van der Waals surface area contributed by atoms with Crippen LogP contribution in [0.1, 0.15) is 16.7 Å². The zero-order valence-electron chi connectivity index (χ0n) is 14.4. The molecule has 2 rings (SSSR count). The van der Waals surface area contributed by atoms with Gasteiger partial charge in [-0.3, -0.25) is 0 Å². The van der Waals surface area contributed by atoms with Crippen molar-refractivity contribution in [2.45, 2.75) is 12.8 Å². The maximum absolute atomic E-state index is 13.0. The normalized spacial score (nSPS) is 11.7. The predicted molar refractivity (Wildman–Crippen MR) is 94.6 cm³/mol. The number of amidine groups is 1. The number of carbonyl (C=O) groups excluding carboxylic acids is 1. The molecule has 0 aliphatic rings. The van der Waals surface area contributed by atoms with Crippen LogP contribution in [0.15, 0.2) is 47.6 Å². The molecule has 0 bridgehead atoms. The van der Waals surface area contributed by atoms with E-state index in [0.29, 0.717) is 5.56 Å². The molecule has 0 saturated heterocycles. The maximum atomic E-state index is 13.0. The van der Waals surface area contributed by atoms with Crippen molar-refractivity contribution in [1.29, 1.82) is 0 Å². The quantitative estimate of drug-likeness (QED) is 0.423. The first-order chi connectivity index (χ1) is 13.2. The first kappa shape index (κ1) is 21.2. The Kier molecular flexibility index (Phi) is 6.94. The minimum absolute atomic E-state index is 0.0464. The summed E-state index contributed by atoms with van der Waals surface area (Å²) in [4.78, 5) is 21.0. The van der Waals surface area contributed by atoms with Gasteiger partial charge in [-0.15, -0.1) is 0 Å². The van der Waals surface area contributed by atoms with Gasteiger partial charge >= 0.3 is 12.3 Å². The van der Waals surface area contributed by atoms with E-state index in [1.807, 2.05) is 5.48 Å². The van der Waals surface area contributed by atoms with Gasteiger partial charge in [0, 0.05) is 11.1 Å². The van der Waals surface area contributed by atoms with Crippen LogP contribution in [0.2, 0.25) is 5.02 Å². The molecule has 0 saturated carbocycles. The Balaban J connectivity index is 2.09. The standard InChI is InChI=1S/C17H15ClF3N3O4/c1-26-16(25)24-28-14-8-10(6-7-13(14)18)15(22)23-27-9-11-4-2-3-5-12(11)17(19,20)21/h2-8H,9H2,1H3,(H2,22,23)(H,24,25). The van der Waals surface area contributed by atoms with E-state index < -0.39 is 24.4 Å². The number of ether oxygens (including phenoxy) is 1. The lowest BCUT2D eigenvalue weighted by Gasteiger charge is -2.12. The maximum Gasteiger partial charge on any atom is 0.440 e. The molecule has 1 amide bonds. The molecule has 150 valence electrons. The number of methoxy groups -OCH3 is 1. The second-order valence-electron chi connectivity index (χ2n) is 5.25. The van der Waals surface area contributed by atoms with Gasteiger partial charge in [-0.1, -0.05) is 35.0 Å². The Morgan fingerprint density at radius 1 is 1.25 bits per heavy atom. The van der Waals surface area contributed by atoms with Gasteiger partial charge < -0.3 is 20.1 Å². The molecule has 2 aromatic carbocycles. The van der Waals surface area contributed by atoms with Gasteiger partial charge in [-0.25, -0.2) is 4.79 Å². The predicted octanol–water partition coefficient (Wildman–Crippen LogP) is 3.85. The van der Waals surface area contributed by atoms with E-state index in [1.165, 1.54) is 36.4 Å². The van der Waals surface area contributed by atoms with Gasteiger partial charge in [-0.2, -0.15) is 18.7 Å². The molecule has 28 heavy (non-hydrogen) atoms. The molecule has 0 spiro atoms. The number of rotatable bonds is 6. The molecular weight excluding hydrogens is 403 g/mol. The number of nitrogens with one attached hydrogen (secondary N) is 1. The van der Waals surface area contributed by atoms with Crippen molar-refractivity contribution < 1.29 is 32.4 Å². The highest BCUT2D eigenvalue weighted by molar-refractivity contribution is 6.32. The van der Waals surface area contributed by atoms with E-state index in [0.717, 1.165) is 13.2 Å². The molecule has 0 unspecified atom stereocenters.